The Labute approximate surface area is 141 Å². The molecule has 0 spiro atoms. The monoisotopic (exact) mass is 349 g/mol. The lowest BCUT2D eigenvalue weighted by molar-refractivity contribution is -0.123. The van der Waals surface area contributed by atoms with Gasteiger partial charge >= 0.3 is 0 Å². The number of amides is 1. The van der Waals surface area contributed by atoms with Crippen molar-refractivity contribution < 1.29 is 22.7 Å². The van der Waals surface area contributed by atoms with E-state index in [0.717, 1.165) is 17.6 Å². The predicted molar refractivity (Wildman–Crippen MR) is 84.4 cm³/mol. The number of nitrogens with one attached hydrogen (secondary N) is 1. The molecule has 25 heavy (non-hydrogen) atoms. The summed E-state index contributed by atoms with van der Waals surface area (Å²) in [6, 6.07) is 7.06. The van der Waals surface area contributed by atoms with Gasteiger partial charge in [0.25, 0.3) is 5.91 Å². The number of rotatable bonds is 5. The van der Waals surface area contributed by atoms with Gasteiger partial charge in [0.2, 0.25) is 0 Å². The van der Waals surface area contributed by atoms with Crippen LogP contribution in [0, 0.1) is 17.5 Å². The molecular formula is C17H14F3N3O2. The molecule has 3 rings (SSSR count). The van der Waals surface area contributed by atoms with E-state index in [2.05, 4.69) is 10.3 Å². The van der Waals surface area contributed by atoms with Gasteiger partial charge in [0.1, 0.15) is 17.5 Å². The minimum Gasteiger partial charge on any atom is -0.481 e. The SMILES string of the molecule is Cn1c(CNC(=O)COc2ccc(F)cc2F)nc2cc(F)ccc21. The van der Waals surface area contributed by atoms with Gasteiger partial charge < -0.3 is 14.6 Å². The second-order valence-corrected chi connectivity index (χ2v) is 5.36. The molecule has 1 amide bonds. The van der Waals surface area contributed by atoms with Gasteiger partial charge in [-0.25, -0.2) is 18.2 Å². The summed E-state index contributed by atoms with van der Waals surface area (Å²) in [6.45, 7) is -0.331. The van der Waals surface area contributed by atoms with Crippen LogP contribution in [0.25, 0.3) is 11.0 Å². The number of carbonyl (C=O) groups is 1. The van der Waals surface area contributed by atoms with E-state index in [4.69, 9.17) is 4.74 Å². The van der Waals surface area contributed by atoms with Crippen LogP contribution >= 0.6 is 0 Å². The van der Waals surface area contributed by atoms with Crippen LogP contribution in [0.15, 0.2) is 36.4 Å². The van der Waals surface area contributed by atoms with Crippen molar-refractivity contribution >= 4 is 16.9 Å². The minimum atomic E-state index is -0.884. The Balaban J connectivity index is 1.60. The number of imidazole rings is 1. The summed E-state index contributed by atoms with van der Waals surface area (Å²) in [7, 11) is 1.75. The van der Waals surface area contributed by atoms with E-state index < -0.39 is 30.0 Å². The van der Waals surface area contributed by atoms with Crippen molar-refractivity contribution in [2.45, 2.75) is 6.54 Å². The minimum absolute atomic E-state index is 0.0981. The number of aromatic nitrogens is 2. The highest BCUT2D eigenvalue weighted by atomic mass is 19.1. The molecule has 1 heterocycles. The van der Waals surface area contributed by atoms with Crippen LogP contribution in [0.5, 0.6) is 5.75 Å². The summed E-state index contributed by atoms with van der Waals surface area (Å²) in [4.78, 5) is 16.1. The summed E-state index contributed by atoms with van der Waals surface area (Å²) in [5.74, 6) is -2.19. The lowest BCUT2D eigenvalue weighted by atomic mass is 10.3. The number of hydrogen-bond acceptors (Lipinski definition) is 3. The van der Waals surface area contributed by atoms with Crippen LogP contribution in [-0.2, 0) is 18.4 Å². The van der Waals surface area contributed by atoms with E-state index in [1.807, 2.05) is 0 Å². The highest BCUT2D eigenvalue weighted by Crippen LogP contribution is 2.18. The molecule has 0 saturated carbocycles. The maximum atomic E-state index is 13.4. The lowest BCUT2D eigenvalue weighted by Gasteiger charge is -2.08. The summed E-state index contributed by atoms with van der Waals surface area (Å²) in [6.07, 6.45) is 0. The molecular weight excluding hydrogens is 335 g/mol. The first kappa shape index (κ1) is 16.8. The fourth-order valence-electron chi connectivity index (χ4n) is 2.35. The largest absolute Gasteiger partial charge is 0.481 e. The molecule has 0 aliphatic rings. The summed E-state index contributed by atoms with van der Waals surface area (Å²) in [5.41, 5.74) is 1.21. The van der Waals surface area contributed by atoms with Gasteiger partial charge in [0, 0.05) is 19.2 Å². The number of carbonyl (C=O) groups excluding carboxylic acids is 1. The Morgan fingerprint density at radius 1 is 1.16 bits per heavy atom. The molecule has 0 aliphatic heterocycles. The molecule has 5 nitrogen and oxygen atoms in total. The van der Waals surface area contributed by atoms with Gasteiger partial charge in [-0.3, -0.25) is 4.79 Å². The zero-order chi connectivity index (χ0) is 18.0. The van der Waals surface area contributed by atoms with E-state index in [9.17, 15) is 18.0 Å². The molecule has 1 aromatic heterocycles. The maximum absolute atomic E-state index is 13.4. The molecule has 0 fully saturated rings. The van der Waals surface area contributed by atoms with Crippen molar-refractivity contribution in [1.82, 2.24) is 14.9 Å². The van der Waals surface area contributed by atoms with Gasteiger partial charge in [-0.15, -0.1) is 0 Å². The molecule has 130 valence electrons. The molecule has 0 saturated heterocycles. The first-order valence-corrected chi connectivity index (χ1v) is 7.39. The molecule has 0 unspecified atom stereocenters. The standard InChI is InChI=1S/C17H14F3N3O2/c1-23-14-4-2-11(19)7-13(14)22-16(23)8-21-17(24)9-25-15-5-3-10(18)6-12(15)20/h2-7H,8-9H2,1H3,(H,21,24). The zero-order valence-corrected chi connectivity index (χ0v) is 13.2. The number of fused-ring (bicyclic) bond motifs is 1. The highest BCUT2D eigenvalue weighted by molar-refractivity contribution is 5.78. The summed E-state index contributed by atoms with van der Waals surface area (Å²) < 4.78 is 46.2. The average Bonchev–Trinajstić information content (AvgIpc) is 2.87. The number of halogens is 3. The van der Waals surface area contributed by atoms with E-state index in [0.29, 0.717) is 17.4 Å². The lowest BCUT2D eigenvalue weighted by Crippen LogP contribution is -2.29. The molecule has 0 atom stereocenters. The predicted octanol–water partition coefficient (Wildman–Crippen LogP) is 2.69. The maximum Gasteiger partial charge on any atom is 0.258 e. The Kier molecular flexibility index (Phi) is 4.60. The van der Waals surface area contributed by atoms with Gasteiger partial charge in [-0.2, -0.15) is 0 Å². The van der Waals surface area contributed by atoms with Crippen LogP contribution < -0.4 is 10.1 Å². The van der Waals surface area contributed by atoms with Crippen molar-refractivity contribution in [3.63, 3.8) is 0 Å². The number of benzene rings is 2. The van der Waals surface area contributed by atoms with Crippen molar-refractivity contribution in [2.24, 2.45) is 7.05 Å². The topological polar surface area (TPSA) is 56.2 Å². The third-order valence-electron chi connectivity index (χ3n) is 3.63. The second kappa shape index (κ2) is 6.84. The number of aryl methyl sites for hydroxylation is 1. The van der Waals surface area contributed by atoms with Crippen molar-refractivity contribution in [2.75, 3.05) is 6.61 Å². The van der Waals surface area contributed by atoms with E-state index in [1.165, 1.54) is 12.1 Å². The van der Waals surface area contributed by atoms with Gasteiger partial charge in [0.05, 0.1) is 17.6 Å². The van der Waals surface area contributed by atoms with Gasteiger partial charge in [-0.05, 0) is 24.3 Å². The molecule has 1 N–H and O–H groups in total. The Morgan fingerprint density at radius 2 is 1.88 bits per heavy atom. The second-order valence-electron chi connectivity index (χ2n) is 5.36. The third kappa shape index (κ3) is 3.73. The van der Waals surface area contributed by atoms with Crippen molar-refractivity contribution in [3.8, 4) is 5.75 Å². The average molecular weight is 349 g/mol. The number of hydrogen-bond donors (Lipinski definition) is 1. The first-order valence-electron chi connectivity index (χ1n) is 7.39. The Morgan fingerprint density at radius 3 is 2.64 bits per heavy atom. The van der Waals surface area contributed by atoms with E-state index in [-0.39, 0.29) is 12.3 Å². The van der Waals surface area contributed by atoms with Crippen molar-refractivity contribution in [1.29, 1.82) is 0 Å². The molecule has 8 heteroatoms. The number of ether oxygens (including phenoxy) is 1. The van der Waals surface area contributed by atoms with E-state index >= 15 is 0 Å². The summed E-state index contributed by atoms with van der Waals surface area (Å²) in [5, 5.41) is 2.58. The van der Waals surface area contributed by atoms with Gasteiger partial charge in [0.15, 0.2) is 18.2 Å². The fourth-order valence-corrected chi connectivity index (χ4v) is 2.35. The van der Waals surface area contributed by atoms with Crippen molar-refractivity contribution in [3.05, 3.63) is 59.7 Å². The van der Waals surface area contributed by atoms with Crippen LogP contribution in [0.2, 0.25) is 0 Å². The highest BCUT2D eigenvalue weighted by Gasteiger charge is 2.11. The molecule has 0 aliphatic carbocycles. The summed E-state index contributed by atoms with van der Waals surface area (Å²) >= 11 is 0. The first-order chi connectivity index (χ1) is 11.9. The van der Waals surface area contributed by atoms with Gasteiger partial charge in [-0.1, -0.05) is 0 Å². The Hall–Kier alpha value is -3.03. The molecule has 0 bridgehead atoms. The number of nitrogens with zero attached hydrogens (tertiary/aromatic N) is 2. The molecule has 3 aromatic rings. The van der Waals surface area contributed by atoms with Crippen LogP contribution in [-0.4, -0.2) is 22.1 Å². The van der Waals surface area contributed by atoms with Crippen LogP contribution in [0.4, 0.5) is 13.2 Å². The molecule has 0 radical (unpaired) electrons. The molecule has 2 aromatic carbocycles. The zero-order valence-electron chi connectivity index (χ0n) is 13.2. The fraction of sp³-hybridized carbons (Fsp3) is 0.176. The normalized spacial score (nSPS) is 10.9. The Bertz CT molecular complexity index is 940. The van der Waals surface area contributed by atoms with E-state index in [1.54, 1.807) is 17.7 Å². The van der Waals surface area contributed by atoms with Crippen LogP contribution in [0.1, 0.15) is 5.82 Å². The smallest absolute Gasteiger partial charge is 0.258 e. The third-order valence-corrected chi connectivity index (χ3v) is 3.63. The van der Waals surface area contributed by atoms with Crippen LogP contribution in [0.3, 0.4) is 0 Å². The quantitative estimate of drug-likeness (QED) is 0.771.